The summed E-state index contributed by atoms with van der Waals surface area (Å²) in [6.07, 6.45) is 3.24. The van der Waals surface area contributed by atoms with Crippen LogP contribution in [0.3, 0.4) is 0 Å². The van der Waals surface area contributed by atoms with E-state index in [-0.39, 0.29) is 29.8 Å². The Balaban J connectivity index is 1.39. The van der Waals surface area contributed by atoms with E-state index in [1.807, 2.05) is 0 Å². The van der Waals surface area contributed by atoms with Gasteiger partial charge in [-0.1, -0.05) is 18.2 Å². The predicted molar refractivity (Wildman–Crippen MR) is 99.8 cm³/mol. The molecule has 0 spiro atoms. The maximum absolute atomic E-state index is 13.0. The van der Waals surface area contributed by atoms with Gasteiger partial charge in [-0.3, -0.25) is 9.59 Å². The minimum atomic E-state index is -0.442. The first kappa shape index (κ1) is 19.1. The number of halogens is 1. The molecule has 0 N–H and O–H groups in total. The molecule has 3 saturated heterocycles. The van der Waals surface area contributed by atoms with Gasteiger partial charge in [0.1, 0.15) is 17.9 Å². The Labute approximate surface area is 163 Å². The monoisotopic (exact) mass is 388 g/mol. The minimum Gasteiger partial charge on any atom is -0.374 e. The quantitative estimate of drug-likeness (QED) is 0.699. The Morgan fingerprint density at radius 2 is 1.71 bits per heavy atom. The summed E-state index contributed by atoms with van der Waals surface area (Å²) in [4.78, 5) is 29.4. The smallest absolute Gasteiger partial charge is 0.246 e. The molecular weight excluding hydrogens is 363 g/mol. The number of piperidine rings is 1. The largest absolute Gasteiger partial charge is 0.374 e. The van der Waals surface area contributed by atoms with Crippen LogP contribution in [0.1, 0.15) is 24.8 Å². The van der Waals surface area contributed by atoms with E-state index in [0.29, 0.717) is 39.1 Å². The lowest BCUT2D eigenvalue weighted by Gasteiger charge is -2.46. The van der Waals surface area contributed by atoms with E-state index in [1.54, 1.807) is 28.0 Å². The molecule has 6 nitrogen and oxygen atoms in total. The molecule has 0 aromatic heterocycles. The van der Waals surface area contributed by atoms with Crippen LogP contribution in [0.4, 0.5) is 4.39 Å². The summed E-state index contributed by atoms with van der Waals surface area (Å²) >= 11 is 0. The highest BCUT2D eigenvalue weighted by atomic mass is 19.1. The Morgan fingerprint density at radius 1 is 1.04 bits per heavy atom. The molecule has 3 fully saturated rings. The normalized spacial score (nSPS) is 29.6. The van der Waals surface area contributed by atoms with Crippen LogP contribution in [0, 0.1) is 5.82 Å². The highest BCUT2D eigenvalue weighted by molar-refractivity contribution is 5.97. The van der Waals surface area contributed by atoms with Crippen molar-refractivity contribution in [1.82, 2.24) is 9.80 Å². The number of nitrogens with zero attached hydrogens (tertiary/aromatic N) is 2. The lowest BCUT2D eigenvalue weighted by atomic mass is 9.94. The molecular formula is C21H25FN2O4. The highest BCUT2D eigenvalue weighted by Gasteiger charge is 2.52. The van der Waals surface area contributed by atoms with Gasteiger partial charge in [-0.25, -0.2) is 4.39 Å². The first-order valence-electron chi connectivity index (χ1n) is 9.76. The predicted octanol–water partition coefficient (Wildman–Crippen LogP) is 1.89. The second-order valence-corrected chi connectivity index (χ2v) is 7.62. The van der Waals surface area contributed by atoms with Gasteiger partial charge in [-0.15, -0.1) is 6.58 Å². The molecule has 2 amide bonds. The number of benzene rings is 1. The van der Waals surface area contributed by atoms with Gasteiger partial charge in [-0.05, 0) is 24.1 Å². The molecule has 3 heterocycles. The van der Waals surface area contributed by atoms with Gasteiger partial charge in [0.15, 0.2) is 0 Å². The van der Waals surface area contributed by atoms with Crippen molar-refractivity contribution >= 4 is 11.8 Å². The number of rotatable bonds is 6. The van der Waals surface area contributed by atoms with E-state index in [0.717, 1.165) is 12.0 Å². The Kier molecular flexibility index (Phi) is 5.46. The summed E-state index contributed by atoms with van der Waals surface area (Å²) in [6, 6.07) is 5.27. The van der Waals surface area contributed by atoms with E-state index >= 15 is 0 Å². The summed E-state index contributed by atoms with van der Waals surface area (Å²) < 4.78 is 24.7. The summed E-state index contributed by atoms with van der Waals surface area (Å²) in [5, 5.41) is 0. The number of carbonyl (C=O) groups excluding carboxylic acids is 2. The fraction of sp³-hybridized carbons (Fsp3) is 0.524. The molecule has 3 aliphatic rings. The van der Waals surface area contributed by atoms with Gasteiger partial charge in [0, 0.05) is 25.9 Å². The molecule has 0 radical (unpaired) electrons. The molecule has 1 aromatic carbocycles. The van der Waals surface area contributed by atoms with Crippen LogP contribution in [-0.2, 0) is 25.7 Å². The second-order valence-electron chi connectivity index (χ2n) is 7.62. The second kappa shape index (κ2) is 8.01. The Hall–Kier alpha value is -2.25. The van der Waals surface area contributed by atoms with Crippen molar-refractivity contribution in [1.29, 1.82) is 0 Å². The number of hydrogen-bond acceptors (Lipinski definition) is 4. The molecule has 28 heavy (non-hydrogen) atoms. The molecule has 0 saturated carbocycles. The van der Waals surface area contributed by atoms with Gasteiger partial charge >= 0.3 is 0 Å². The molecule has 150 valence electrons. The third-order valence-electron chi connectivity index (χ3n) is 5.80. The maximum Gasteiger partial charge on any atom is 0.246 e. The van der Waals surface area contributed by atoms with Crippen LogP contribution < -0.4 is 0 Å². The summed E-state index contributed by atoms with van der Waals surface area (Å²) in [5.74, 6) is -0.283. The van der Waals surface area contributed by atoms with Crippen molar-refractivity contribution in [2.24, 2.45) is 0 Å². The third-order valence-corrected chi connectivity index (χ3v) is 5.80. The van der Waals surface area contributed by atoms with Crippen LogP contribution in [-0.4, -0.2) is 65.6 Å². The topological polar surface area (TPSA) is 59.1 Å². The van der Waals surface area contributed by atoms with Crippen LogP contribution in [0.15, 0.2) is 36.9 Å². The summed E-state index contributed by atoms with van der Waals surface area (Å²) in [5.41, 5.74) is 0.864. The molecule has 0 bridgehead atoms. The number of carbonyl (C=O) groups is 2. The van der Waals surface area contributed by atoms with Gasteiger partial charge < -0.3 is 19.3 Å². The third kappa shape index (κ3) is 3.69. The summed E-state index contributed by atoms with van der Waals surface area (Å²) in [6.45, 7) is 5.39. The van der Waals surface area contributed by atoms with Crippen LogP contribution in [0.5, 0.6) is 0 Å². The van der Waals surface area contributed by atoms with Crippen molar-refractivity contribution in [3.05, 3.63) is 48.3 Å². The Morgan fingerprint density at radius 3 is 2.46 bits per heavy atom. The fourth-order valence-electron chi connectivity index (χ4n) is 4.36. The maximum atomic E-state index is 13.0. The molecule has 0 aliphatic carbocycles. The van der Waals surface area contributed by atoms with Crippen LogP contribution >= 0.6 is 0 Å². The van der Waals surface area contributed by atoms with Gasteiger partial charge in [0.05, 0.1) is 25.4 Å². The van der Waals surface area contributed by atoms with Crippen molar-refractivity contribution in [2.75, 3.05) is 19.7 Å². The lowest BCUT2D eigenvalue weighted by Crippen LogP contribution is -2.65. The average molecular weight is 388 g/mol. The van der Waals surface area contributed by atoms with Crippen molar-refractivity contribution < 1.29 is 23.5 Å². The average Bonchev–Trinajstić information content (AvgIpc) is 3.15. The molecule has 7 heteroatoms. The fourth-order valence-corrected chi connectivity index (χ4v) is 4.36. The SMILES string of the molecule is C=CCOC1CCN2C(=O)C3CC(OCc4ccc(F)cc4)CN3C(=O)C2C1. The molecule has 1 aromatic rings. The number of hydrogen-bond donors (Lipinski definition) is 0. The van der Waals surface area contributed by atoms with E-state index in [4.69, 9.17) is 9.47 Å². The van der Waals surface area contributed by atoms with E-state index in [9.17, 15) is 14.0 Å². The zero-order valence-corrected chi connectivity index (χ0v) is 15.8. The zero-order valence-electron chi connectivity index (χ0n) is 15.8. The molecule has 4 rings (SSSR count). The van der Waals surface area contributed by atoms with Gasteiger partial charge in [-0.2, -0.15) is 0 Å². The molecule has 4 atom stereocenters. The number of amides is 2. The van der Waals surface area contributed by atoms with E-state index < -0.39 is 12.1 Å². The van der Waals surface area contributed by atoms with Crippen molar-refractivity contribution in [3.63, 3.8) is 0 Å². The molecule has 4 unspecified atom stereocenters. The van der Waals surface area contributed by atoms with Crippen molar-refractivity contribution in [3.8, 4) is 0 Å². The van der Waals surface area contributed by atoms with Crippen molar-refractivity contribution in [2.45, 2.75) is 50.2 Å². The number of ether oxygens (including phenoxy) is 2. The number of piperazine rings is 1. The highest BCUT2D eigenvalue weighted by Crippen LogP contribution is 2.33. The minimum absolute atomic E-state index is 0.00983. The Bertz CT molecular complexity index is 753. The molecule has 3 aliphatic heterocycles. The lowest BCUT2D eigenvalue weighted by molar-refractivity contribution is -0.164. The van der Waals surface area contributed by atoms with Gasteiger partial charge in [0.25, 0.3) is 0 Å². The van der Waals surface area contributed by atoms with Crippen LogP contribution in [0.2, 0.25) is 0 Å². The first-order valence-corrected chi connectivity index (χ1v) is 9.76. The van der Waals surface area contributed by atoms with Crippen LogP contribution in [0.25, 0.3) is 0 Å². The summed E-state index contributed by atoms with van der Waals surface area (Å²) in [7, 11) is 0. The standard InChI is InChI=1S/C21H25FN2O4/c1-2-9-27-16-7-8-23-18(10-16)21(26)24-12-17(11-19(24)20(23)25)28-13-14-3-5-15(22)6-4-14/h2-6,16-19H,1,7-13H2. The van der Waals surface area contributed by atoms with Gasteiger partial charge in [0.2, 0.25) is 11.8 Å². The van der Waals surface area contributed by atoms with E-state index in [1.165, 1.54) is 12.1 Å². The van der Waals surface area contributed by atoms with E-state index in [2.05, 4.69) is 6.58 Å². The number of fused-ring (bicyclic) bond motifs is 2. The zero-order chi connectivity index (χ0) is 19.7. The first-order chi connectivity index (χ1) is 13.6.